The summed E-state index contributed by atoms with van der Waals surface area (Å²) in [6, 6.07) is 38.0. The molecule has 0 saturated heterocycles. The Hall–Kier alpha value is -5.66. The zero-order chi connectivity index (χ0) is 32.4. The first-order valence-electron chi connectivity index (χ1n) is 16.9. The maximum absolute atomic E-state index is 9.07. The Labute approximate surface area is 256 Å². The van der Waals surface area contributed by atoms with Crippen LogP contribution in [0.15, 0.2) is 145 Å². The van der Waals surface area contributed by atoms with Gasteiger partial charge < -0.3 is 4.74 Å². The van der Waals surface area contributed by atoms with Crippen LogP contribution >= 0.6 is 0 Å². The SMILES string of the molecule is [2H]c1c([2H])c([2H])c(-c2c3c(c(-c4ccc5c(c4)-c4cccc6cccc(c46)O5)c4ccccc24)-c2cccc4cccc-3c24)c([2H])c1[2H]. The Balaban J connectivity index is 1.38. The molecule has 2 aliphatic rings. The van der Waals surface area contributed by atoms with E-state index in [1.807, 2.05) is 42.5 Å². The molecule has 1 heterocycles. The standard InChI is InChI=1S/C42H24O/c1-2-10-27(11-3-1)39-29-16-4-5-17-30(29)40(42-33-20-8-13-25-12-7-19-32(37(25)33)41(39)42)28-22-23-35-34(24-28)31-18-6-14-26-15-9-21-36(43-35)38(26)31/h1-24H/i1D,2D,3D,10D,11D. The number of fused-ring (bicyclic) bond motifs is 6. The molecule has 8 aromatic carbocycles. The van der Waals surface area contributed by atoms with E-state index in [0.717, 1.165) is 88.3 Å². The summed E-state index contributed by atoms with van der Waals surface area (Å²) in [4.78, 5) is 0. The first-order valence-corrected chi connectivity index (χ1v) is 14.4. The van der Waals surface area contributed by atoms with E-state index in [1.165, 1.54) is 0 Å². The third kappa shape index (κ3) is 3.06. The second-order valence-corrected chi connectivity index (χ2v) is 11.2. The molecule has 1 heteroatoms. The topological polar surface area (TPSA) is 9.23 Å². The molecule has 0 atom stereocenters. The fourth-order valence-corrected chi connectivity index (χ4v) is 7.39. The van der Waals surface area contributed by atoms with Crippen molar-refractivity contribution in [1.82, 2.24) is 0 Å². The lowest BCUT2D eigenvalue weighted by atomic mass is 9.82. The van der Waals surface area contributed by atoms with Crippen LogP contribution in [0.3, 0.4) is 0 Å². The van der Waals surface area contributed by atoms with Crippen molar-refractivity contribution in [2.24, 2.45) is 0 Å². The average molecular weight is 550 g/mol. The first-order chi connectivity index (χ1) is 23.4. The van der Waals surface area contributed by atoms with Gasteiger partial charge in [-0.3, -0.25) is 0 Å². The Morgan fingerprint density at radius 1 is 0.419 bits per heavy atom. The van der Waals surface area contributed by atoms with Crippen LogP contribution in [-0.4, -0.2) is 0 Å². The van der Waals surface area contributed by atoms with E-state index in [0.29, 0.717) is 5.56 Å². The predicted octanol–water partition coefficient (Wildman–Crippen LogP) is 11.9. The molecule has 0 unspecified atom stereocenters. The van der Waals surface area contributed by atoms with Gasteiger partial charge in [-0.15, -0.1) is 0 Å². The number of benzene rings is 8. The number of ether oxygens (including phenoxy) is 1. The van der Waals surface area contributed by atoms with Crippen molar-refractivity contribution in [3.05, 3.63) is 145 Å². The lowest BCUT2D eigenvalue weighted by Gasteiger charge is -2.24. The molecule has 0 saturated carbocycles. The normalized spacial score (nSPS) is 14.0. The highest BCUT2D eigenvalue weighted by molar-refractivity contribution is 6.27. The number of rotatable bonds is 2. The Morgan fingerprint density at radius 3 is 1.72 bits per heavy atom. The van der Waals surface area contributed by atoms with E-state index >= 15 is 0 Å². The van der Waals surface area contributed by atoms with Gasteiger partial charge >= 0.3 is 0 Å². The first kappa shape index (κ1) is 18.7. The van der Waals surface area contributed by atoms with E-state index < -0.39 is 6.04 Å². The van der Waals surface area contributed by atoms with E-state index in [9.17, 15) is 0 Å². The second-order valence-electron chi connectivity index (χ2n) is 11.2. The summed E-state index contributed by atoms with van der Waals surface area (Å²) in [5.74, 6) is 1.65. The van der Waals surface area contributed by atoms with Crippen molar-refractivity contribution < 1.29 is 11.6 Å². The Bertz CT molecular complexity index is 2730. The van der Waals surface area contributed by atoms with Gasteiger partial charge in [0, 0.05) is 10.9 Å². The quantitative estimate of drug-likeness (QED) is 0.208. The highest BCUT2D eigenvalue weighted by Crippen LogP contribution is 2.58. The van der Waals surface area contributed by atoms with Crippen LogP contribution in [0.4, 0.5) is 0 Å². The number of hydrogen-bond acceptors (Lipinski definition) is 1. The lowest BCUT2D eigenvalue weighted by Crippen LogP contribution is -1.98. The van der Waals surface area contributed by atoms with Crippen LogP contribution in [-0.2, 0) is 0 Å². The summed E-state index contributed by atoms with van der Waals surface area (Å²) in [6.07, 6.45) is 0. The van der Waals surface area contributed by atoms with Crippen LogP contribution in [0.2, 0.25) is 0 Å². The van der Waals surface area contributed by atoms with Crippen LogP contribution in [0.25, 0.3) is 88.0 Å². The third-order valence-corrected chi connectivity index (χ3v) is 9.05. The molecular weight excluding hydrogens is 520 g/mol. The summed E-state index contributed by atoms with van der Waals surface area (Å²) in [5, 5.41) is 6.17. The van der Waals surface area contributed by atoms with Crippen LogP contribution in [0.1, 0.15) is 6.85 Å². The van der Waals surface area contributed by atoms with Gasteiger partial charge in [-0.2, -0.15) is 0 Å². The largest absolute Gasteiger partial charge is 0.456 e. The summed E-state index contributed by atoms with van der Waals surface area (Å²) in [7, 11) is 0. The van der Waals surface area contributed by atoms with Gasteiger partial charge in [0.1, 0.15) is 11.5 Å². The maximum atomic E-state index is 9.07. The molecule has 0 bridgehead atoms. The fraction of sp³-hybridized carbons (Fsp3) is 0. The van der Waals surface area contributed by atoms with Gasteiger partial charge in [-0.1, -0.05) is 127 Å². The molecule has 0 aromatic heterocycles. The summed E-state index contributed by atoms with van der Waals surface area (Å²) >= 11 is 0. The molecule has 0 amide bonds. The molecule has 1 aliphatic heterocycles. The number of hydrogen-bond donors (Lipinski definition) is 0. The third-order valence-electron chi connectivity index (χ3n) is 9.05. The minimum absolute atomic E-state index is 0.207. The van der Waals surface area contributed by atoms with Crippen molar-refractivity contribution >= 4 is 32.3 Å². The van der Waals surface area contributed by atoms with Gasteiger partial charge in [0.25, 0.3) is 0 Å². The molecule has 0 spiro atoms. The van der Waals surface area contributed by atoms with Crippen molar-refractivity contribution in [1.29, 1.82) is 0 Å². The van der Waals surface area contributed by atoms with Gasteiger partial charge in [-0.05, 0) is 95.2 Å². The Morgan fingerprint density at radius 2 is 1.02 bits per heavy atom. The van der Waals surface area contributed by atoms with Gasteiger partial charge in [0.15, 0.2) is 0 Å². The van der Waals surface area contributed by atoms with Gasteiger partial charge in [0.05, 0.1) is 6.85 Å². The predicted molar refractivity (Wildman–Crippen MR) is 180 cm³/mol. The Kier molecular flexibility index (Phi) is 3.67. The highest BCUT2D eigenvalue weighted by atomic mass is 16.5. The van der Waals surface area contributed by atoms with Crippen molar-refractivity contribution in [2.45, 2.75) is 0 Å². The summed E-state index contributed by atoms with van der Waals surface area (Å²) in [6.45, 7) is 0. The smallest absolute Gasteiger partial charge is 0.135 e. The molecule has 198 valence electrons. The van der Waals surface area contributed by atoms with Crippen LogP contribution in [0.5, 0.6) is 11.5 Å². The minimum Gasteiger partial charge on any atom is -0.456 e. The summed E-state index contributed by atoms with van der Waals surface area (Å²) < 4.78 is 50.1. The van der Waals surface area contributed by atoms with E-state index in [1.54, 1.807) is 0 Å². The fourth-order valence-electron chi connectivity index (χ4n) is 7.39. The molecular formula is C42H24O. The minimum atomic E-state index is -0.399. The van der Waals surface area contributed by atoms with Crippen molar-refractivity contribution in [2.75, 3.05) is 0 Å². The molecule has 43 heavy (non-hydrogen) atoms. The zero-order valence-electron chi connectivity index (χ0n) is 27.9. The van der Waals surface area contributed by atoms with Crippen molar-refractivity contribution in [3.63, 3.8) is 0 Å². The van der Waals surface area contributed by atoms with E-state index in [2.05, 4.69) is 72.8 Å². The van der Waals surface area contributed by atoms with Gasteiger partial charge in [0.2, 0.25) is 0 Å². The molecule has 8 aromatic rings. The molecule has 1 aliphatic carbocycles. The molecule has 1 nitrogen and oxygen atoms in total. The maximum Gasteiger partial charge on any atom is 0.135 e. The summed E-state index contributed by atoms with van der Waals surface area (Å²) in [5.41, 5.74) is 8.99. The highest BCUT2D eigenvalue weighted by Gasteiger charge is 2.31. The average Bonchev–Trinajstić information content (AvgIpc) is 3.45. The van der Waals surface area contributed by atoms with E-state index in [4.69, 9.17) is 11.6 Å². The van der Waals surface area contributed by atoms with Crippen LogP contribution in [0, 0.1) is 0 Å². The van der Waals surface area contributed by atoms with Crippen LogP contribution < -0.4 is 4.74 Å². The molecule has 0 radical (unpaired) electrons. The van der Waals surface area contributed by atoms with Gasteiger partial charge in [-0.25, -0.2) is 0 Å². The zero-order valence-corrected chi connectivity index (χ0v) is 22.9. The molecule has 0 N–H and O–H groups in total. The molecule has 10 rings (SSSR count). The second kappa shape index (κ2) is 8.44. The lowest BCUT2D eigenvalue weighted by molar-refractivity contribution is 0.487. The monoisotopic (exact) mass is 549 g/mol. The van der Waals surface area contributed by atoms with E-state index in [-0.39, 0.29) is 29.7 Å². The van der Waals surface area contributed by atoms with Crippen molar-refractivity contribution in [3.8, 4) is 67.1 Å². The molecule has 0 fully saturated rings.